The Morgan fingerprint density at radius 3 is 1.82 bits per heavy atom. The van der Waals surface area contributed by atoms with Crippen LogP contribution in [0.4, 0.5) is 0 Å². The maximum Gasteiger partial charge on any atom is 0.212 e. The summed E-state index contributed by atoms with van der Waals surface area (Å²) < 4.78 is 8.14. The van der Waals surface area contributed by atoms with Gasteiger partial charge < -0.3 is 4.42 Å². The highest BCUT2D eigenvalue weighted by Gasteiger charge is 2.29. The zero-order chi connectivity index (χ0) is 22.3. The lowest BCUT2D eigenvalue weighted by Gasteiger charge is -2.40. The summed E-state index contributed by atoms with van der Waals surface area (Å²) in [5.41, 5.74) is 3.18. The molecule has 6 rings (SSSR count). The smallest absolute Gasteiger partial charge is 0.212 e. The molecule has 2 heterocycles. The van der Waals surface area contributed by atoms with Gasteiger partial charge in [-0.25, -0.2) is 0 Å². The first kappa shape index (κ1) is 20.0. The second-order valence-corrected chi connectivity index (χ2v) is 11.6. The second kappa shape index (κ2) is 8.02. The maximum atomic E-state index is 5.91. The highest BCUT2D eigenvalue weighted by molar-refractivity contribution is 8.33. The zero-order valence-corrected chi connectivity index (χ0v) is 19.3. The van der Waals surface area contributed by atoms with Crippen LogP contribution >= 0.6 is 10.0 Å². The van der Waals surface area contributed by atoms with Crippen molar-refractivity contribution in [3.05, 3.63) is 122 Å². The average Bonchev–Trinajstić information content (AvgIpc) is 3.48. The highest BCUT2D eigenvalue weighted by atomic mass is 32.3. The Morgan fingerprint density at radius 1 is 0.606 bits per heavy atom. The van der Waals surface area contributed by atoms with Crippen LogP contribution < -0.4 is 0 Å². The molecule has 0 radical (unpaired) electrons. The van der Waals surface area contributed by atoms with E-state index in [-0.39, 0.29) is 0 Å². The summed E-state index contributed by atoms with van der Waals surface area (Å²) in [6.45, 7) is 2.31. The van der Waals surface area contributed by atoms with Crippen molar-refractivity contribution in [1.29, 1.82) is 0 Å². The number of aromatic nitrogens is 1. The van der Waals surface area contributed by atoms with Gasteiger partial charge in [-0.3, -0.25) is 4.57 Å². The van der Waals surface area contributed by atoms with Crippen LogP contribution in [0.15, 0.2) is 141 Å². The van der Waals surface area contributed by atoms with Gasteiger partial charge in [0, 0.05) is 16.5 Å². The molecular weight excluding hydrogens is 422 g/mol. The number of hydrogen-bond acceptors (Lipinski definition) is 1. The third-order valence-electron chi connectivity index (χ3n) is 6.50. The summed E-state index contributed by atoms with van der Waals surface area (Å²) in [4.78, 5) is 4.16. The van der Waals surface area contributed by atoms with E-state index in [1.807, 2.05) is 0 Å². The molecule has 0 aliphatic heterocycles. The Kier molecular flexibility index (Phi) is 4.85. The number of hydrogen-bond donors (Lipinski definition) is 0. The quantitative estimate of drug-likeness (QED) is 0.258. The third-order valence-corrected chi connectivity index (χ3v) is 10.6. The molecule has 0 N–H and O–H groups in total. The minimum atomic E-state index is -1.36. The number of para-hydroxylation sites is 1. The lowest BCUT2D eigenvalue weighted by atomic mass is 10.2. The van der Waals surface area contributed by atoms with Crippen LogP contribution in [0.3, 0.4) is 0 Å². The summed E-state index contributed by atoms with van der Waals surface area (Å²) in [7, 11) is -1.36. The van der Waals surface area contributed by atoms with E-state index in [1.54, 1.807) is 6.26 Å². The Hall–Kier alpha value is -3.69. The number of rotatable bonds is 5. The molecule has 6 aromatic rings. The highest BCUT2D eigenvalue weighted by Crippen LogP contribution is 2.67. The molecule has 4 aromatic carbocycles. The van der Waals surface area contributed by atoms with Crippen molar-refractivity contribution in [1.82, 2.24) is 4.57 Å². The summed E-state index contributed by atoms with van der Waals surface area (Å²) in [5.74, 6) is 1.05. The molecule has 3 heteroatoms. The molecule has 0 saturated carbocycles. The molecule has 162 valence electrons. The van der Waals surface area contributed by atoms with Crippen molar-refractivity contribution in [2.45, 2.75) is 21.6 Å². The van der Waals surface area contributed by atoms with Crippen LogP contribution in [0.1, 0.15) is 6.92 Å². The summed E-state index contributed by atoms with van der Waals surface area (Å²) in [6, 6.07) is 41.6. The molecule has 0 bridgehead atoms. The minimum absolute atomic E-state index is 0.893. The Morgan fingerprint density at radius 2 is 1.18 bits per heavy atom. The van der Waals surface area contributed by atoms with Crippen molar-refractivity contribution < 1.29 is 4.42 Å². The number of nitrogens with zero attached hydrogens (tertiary/aromatic N) is 1. The van der Waals surface area contributed by atoms with Gasteiger partial charge in [0.1, 0.15) is 0 Å². The number of benzene rings is 4. The van der Waals surface area contributed by atoms with Gasteiger partial charge in [-0.15, -0.1) is 0 Å². The predicted molar refractivity (Wildman–Crippen MR) is 139 cm³/mol. The van der Waals surface area contributed by atoms with E-state index >= 15 is 0 Å². The Bertz CT molecular complexity index is 1490. The lowest BCUT2D eigenvalue weighted by molar-refractivity contribution is 0.596. The van der Waals surface area contributed by atoms with Gasteiger partial charge in [0.25, 0.3) is 0 Å². The topological polar surface area (TPSA) is 18.1 Å². The molecule has 0 saturated heterocycles. The fourth-order valence-electron chi connectivity index (χ4n) is 4.98. The lowest BCUT2D eigenvalue weighted by Crippen LogP contribution is -2.06. The SMILES string of the molecule is CCS(c1ccccc1)(c1ccccc1)c1ccc(-n2c3ccccc3c3ccoc32)cc1. The normalized spacial score (nSPS) is 12.4. The van der Waals surface area contributed by atoms with E-state index in [4.69, 9.17) is 4.42 Å². The van der Waals surface area contributed by atoms with Crippen molar-refractivity contribution in [2.24, 2.45) is 0 Å². The molecule has 2 nitrogen and oxygen atoms in total. The summed E-state index contributed by atoms with van der Waals surface area (Å²) >= 11 is 0. The molecule has 33 heavy (non-hydrogen) atoms. The first-order valence-corrected chi connectivity index (χ1v) is 13.1. The van der Waals surface area contributed by atoms with Crippen LogP contribution in [0.5, 0.6) is 0 Å². The summed E-state index contributed by atoms with van der Waals surface area (Å²) in [5, 5.41) is 2.37. The minimum Gasteiger partial charge on any atom is -0.447 e. The van der Waals surface area contributed by atoms with Gasteiger partial charge >= 0.3 is 0 Å². The van der Waals surface area contributed by atoms with Crippen molar-refractivity contribution in [2.75, 3.05) is 5.75 Å². The Balaban J connectivity index is 1.55. The molecular formula is C30H25NOS. The third kappa shape index (κ3) is 3.04. The van der Waals surface area contributed by atoms with Crippen LogP contribution in [-0.4, -0.2) is 10.3 Å². The molecule has 0 amide bonds. The molecule has 2 aromatic heterocycles. The second-order valence-electron chi connectivity index (χ2n) is 8.14. The molecule has 0 fully saturated rings. The van der Waals surface area contributed by atoms with Crippen LogP contribution in [0, 0.1) is 0 Å². The van der Waals surface area contributed by atoms with Gasteiger partial charge in [-0.1, -0.05) is 61.5 Å². The first-order valence-electron chi connectivity index (χ1n) is 11.3. The van der Waals surface area contributed by atoms with Crippen molar-refractivity contribution in [3.63, 3.8) is 0 Å². The standard InChI is InChI=1S/C30H25NOS/c1-2-33(24-11-5-3-6-12-24,25-13-7-4-8-14-25)26-19-17-23(18-20-26)31-29-16-10-9-15-27(29)28-21-22-32-30(28)31/h3-22H,2H2,1H3. The van der Waals surface area contributed by atoms with Gasteiger partial charge in [0.15, 0.2) is 0 Å². The van der Waals surface area contributed by atoms with Gasteiger partial charge in [-0.2, -0.15) is 10.0 Å². The van der Waals surface area contributed by atoms with E-state index in [9.17, 15) is 0 Å². The first-order chi connectivity index (χ1) is 16.3. The largest absolute Gasteiger partial charge is 0.447 e. The van der Waals surface area contributed by atoms with Gasteiger partial charge in [-0.05, 0) is 81.1 Å². The van der Waals surface area contributed by atoms with E-state index < -0.39 is 10.0 Å². The number of fused-ring (bicyclic) bond motifs is 3. The van der Waals surface area contributed by atoms with E-state index in [2.05, 4.69) is 127 Å². The van der Waals surface area contributed by atoms with E-state index in [1.165, 1.54) is 25.6 Å². The zero-order valence-electron chi connectivity index (χ0n) is 18.5. The average molecular weight is 448 g/mol. The monoisotopic (exact) mass is 447 g/mol. The van der Waals surface area contributed by atoms with Crippen LogP contribution in [0.2, 0.25) is 0 Å². The molecule has 0 aliphatic rings. The fourth-order valence-corrected chi connectivity index (χ4v) is 8.64. The summed E-state index contributed by atoms with van der Waals surface area (Å²) in [6.07, 6.45) is 1.78. The predicted octanol–water partition coefficient (Wildman–Crippen LogP) is 8.68. The van der Waals surface area contributed by atoms with Crippen molar-refractivity contribution >= 4 is 32.0 Å². The van der Waals surface area contributed by atoms with Crippen molar-refractivity contribution in [3.8, 4) is 5.69 Å². The molecule has 0 atom stereocenters. The molecule has 0 spiro atoms. The van der Waals surface area contributed by atoms with E-state index in [0.717, 1.165) is 22.5 Å². The van der Waals surface area contributed by atoms with Gasteiger partial charge in [0.05, 0.1) is 11.8 Å². The maximum absolute atomic E-state index is 5.91. The molecule has 0 aliphatic carbocycles. The Labute approximate surface area is 195 Å². The van der Waals surface area contributed by atoms with Crippen LogP contribution in [0.25, 0.3) is 27.7 Å². The number of furan rings is 1. The van der Waals surface area contributed by atoms with Crippen LogP contribution in [-0.2, 0) is 0 Å². The van der Waals surface area contributed by atoms with E-state index in [0.29, 0.717) is 0 Å². The fraction of sp³-hybridized carbons (Fsp3) is 0.0667. The molecule has 0 unspecified atom stereocenters. The van der Waals surface area contributed by atoms with Gasteiger partial charge in [0.2, 0.25) is 5.71 Å².